The zero-order chi connectivity index (χ0) is 16.0. The molecule has 0 atom stereocenters. The molecule has 0 saturated heterocycles. The monoisotopic (exact) mass is 292 g/mol. The molecule has 114 valence electrons. The number of hydrogen-bond donors (Lipinski definition) is 2. The number of carbonyl (C=O) groups is 2. The zero-order valence-corrected chi connectivity index (χ0v) is 12.4. The van der Waals surface area contributed by atoms with E-state index in [2.05, 4.69) is 0 Å². The van der Waals surface area contributed by atoms with Crippen molar-refractivity contribution in [3.63, 3.8) is 0 Å². The summed E-state index contributed by atoms with van der Waals surface area (Å²) in [6.45, 7) is 5.30. The smallest absolute Gasteiger partial charge is 0.334 e. The van der Waals surface area contributed by atoms with Crippen LogP contribution in [0.25, 0.3) is 0 Å². The van der Waals surface area contributed by atoms with Gasteiger partial charge in [0.2, 0.25) is 0 Å². The molecule has 21 heavy (non-hydrogen) atoms. The highest BCUT2D eigenvalue weighted by atomic mass is 16.5. The highest BCUT2D eigenvalue weighted by Gasteiger charge is 2.24. The molecule has 0 amide bonds. The van der Waals surface area contributed by atoms with Crippen molar-refractivity contribution in [2.75, 3.05) is 6.61 Å². The third-order valence-electron chi connectivity index (χ3n) is 2.97. The van der Waals surface area contributed by atoms with Gasteiger partial charge in [0.05, 0.1) is 17.8 Å². The van der Waals surface area contributed by atoms with E-state index in [1.165, 1.54) is 12.1 Å². The molecule has 1 aromatic carbocycles. The van der Waals surface area contributed by atoms with Gasteiger partial charge in [-0.05, 0) is 30.5 Å². The molecule has 0 spiro atoms. The first kappa shape index (κ1) is 16.8. The van der Waals surface area contributed by atoms with Crippen LogP contribution in [0.4, 0.5) is 0 Å². The predicted molar refractivity (Wildman–Crippen MR) is 77.9 cm³/mol. The number of phenolic OH excluding ortho intramolecular Hbond substituents is 1. The van der Waals surface area contributed by atoms with Crippen molar-refractivity contribution in [3.05, 3.63) is 41.0 Å². The fraction of sp³-hybridized carbons (Fsp3) is 0.375. The number of esters is 1. The standard InChI is InChI=1S/C16H20O5/c1-4-21-16(20)13(14(10(2)3)15(18)19)9-11-5-7-12(17)8-6-11/h5-8,10,17H,4,9H2,1-3H3,(H,18,19). The molecule has 5 nitrogen and oxygen atoms in total. The van der Waals surface area contributed by atoms with E-state index in [0.29, 0.717) is 0 Å². The van der Waals surface area contributed by atoms with Crippen LogP contribution in [0.2, 0.25) is 0 Å². The first-order valence-corrected chi connectivity index (χ1v) is 6.78. The van der Waals surface area contributed by atoms with Crippen LogP contribution in [-0.4, -0.2) is 28.8 Å². The molecule has 2 N–H and O–H groups in total. The number of carboxylic acids is 1. The molecule has 0 heterocycles. The normalized spacial score (nSPS) is 12.0. The molecule has 0 aliphatic rings. The van der Waals surface area contributed by atoms with Gasteiger partial charge >= 0.3 is 11.9 Å². The van der Waals surface area contributed by atoms with Crippen LogP contribution in [0.1, 0.15) is 26.3 Å². The maximum atomic E-state index is 12.1. The molecule has 0 radical (unpaired) electrons. The Balaban J connectivity index is 3.24. The minimum Gasteiger partial charge on any atom is -0.508 e. The van der Waals surface area contributed by atoms with Gasteiger partial charge in [-0.15, -0.1) is 0 Å². The molecular formula is C16H20O5. The van der Waals surface area contributed by atoms with E-state index >= 15 is 0 Å². The Hall–Kier alpha value is -2.30. The lowest BCUT2D eigenvalue weighted by molar-refractivity contribution is -0.140. The van der Waals surface area contributed by atoms with Crippen LogP contribution in [0.15, 0.2) is 35.4 Å². The van der Waals surface area contributed by atoms with Crippen molar-refractivity contribution in [2.24, 2.45) is 5.92 Å². The van der Waals surface area contributed by atoms with Crippen molar-refractivity contribution < 1.29 is 24.5 Å². The number of hydrogen-bond acceptors (Lipinski definition) is 4. The molecule has 0 bridgehead atoms. The Morgan fingerprint density at radius 2 is 1.76 bits per heavy atom. The van der Waals surface area contributed by atoms with Crippen molar-refractivity contribution in [3.8, 4) is 5.75 Å². The van der Waals surface area contributed by atoms with Crippen molar-refractivity contribution in [1.82, 2.24) is 0 Å². The summed E-state index contributed by atoms with van der Waals surface area (Å²) < 4.78 is 4.97. The third-order valence-corrected chi connectivity index (χ3v) is 2.97. The number of ether oxygens (including phenoxy) is 1. The first-order valence-electron chi connectivity index (χ1n) is 6.78. The van der Waals surface area contributed by atoms with Crippen molar-refractivity contribution in [2.45, 2.75) is 27.2 Å². The van der Waals surface area contributed by atoms with E-state index in [-0.39, 0.29) is 35.8 Å². The summed E-state index contributed by atoms with van der Waals surface area (Å²) in [6.07, 6.45) is 0.152. The van der Waals surface area contributed by atoms with Gasteiger partial charge in [-0.25, -0.2) is 9.59 Å². The van der Waals surface area contributed by atoms with Gasteiger partial charge in [0.25, 0.3) is 0 Å². The van der Waals surface area contributed by atoms with Gasteiger partial charge in [-0.1, -0.05) is 26.0 Å². The Bertz CT molecular complexity index is 540. The number of carboxylic acid groups (broad SMARTS) is 1. The molecule has 1 rings (SSSR count). The molecule has 0 aliphatic carbocycles. The third kappa shape index (κ3) is 4.63. The van der Waals surface area contributed by atoms with Crippen LogP contribution >= 0.6 is 0 Å². The lowest BCUT2D eigenvalue weighted by Crippen LogP contribution is -2.19. The van der Waals surface area contributed by atoms with Gasteiger partial charge in [0.15, 0.2) is 0 Å². The SMILES string of the molecule is CCOC(=O)C(Cc1ccc(O)cc1)=C(C(=O)O)C(C)C. The summed E-state index contributed by atoms with van der Waals surface area (Å²) in [5.74, 6) is -1.93. The summed E-state index contributed by atoms with van der Waals surface area (Å²) in [6, 6.07) is 6.28. The predicted octanol–water partition coefficient (Wildman–Crippen LogP) is 2.54. The van der Waals surface area contributed by atoms with Gasteiger partial charge in [-0.2, -0.15) is 0 Å². The second-order valence-electron chi connectivity index (χ2n) is 4.92. The maximum Gasteiger partial charge on any atom is 0.334 e. The molecule has 0 aliphatic heterocycles. The molecule has 0 saturated carbocycles. The minimum absolute atomic E-state index is 0.0570. The second-order valence-corrected chi connectivity index (χ2v) is 4.92. The molecule has 0 fully saturated rings. The average molecular weight is 292 g/mol. The first-order chi connectivity index (χ1) is 9.86. The van der Waals surface area contributed by atoms with E-state index < -0.39 is 11.9 Å². The summed E-state index contributed by atoms with van der Waals surface area (Å²) in [7, 11) is 0. The van der Waals surface area contributed by atoms with Crippen molar-refractivity contribution in [1.29, 1.82) is 0 Å². The number of aliphatic carboxylic acids is 1. The van der Waals surface area contributed by atoms with E-state index in [9.17, 15) is 19.8 Å². The van der Waals surface area contributed by atoms with Crippen LogP contribution in [-0.2, 0) is 20.7 Å². The van der Waals surface area contributed by atoms with Crippen LogP contribution in [0.5, 0.6) is 5.75 Å². The van der Waals surface area contributed by atoms with E-state index in [0.717, 1.165) is 5.56 Å². The van der Waals surface area contributed by atoms with Crippen LogP contribution in [0, 0.1) is 5.92 Å². The summed E-state index contributed by atoms with van der Waals surface area (Å²) in [5.41, 5.74) is 0.932. The fourth-order valence-electron chi connectivity index (χ4n) is 2.04. The van der Waals surface area contributed by atoms with Gasteiger partial charge in [0, 0.05) is 6.42 Å². The van der Waals surface area contributed by atoms with E-state index in [4.69, 9.17) is 4.74 Å². The maximum absolute atomic E-state index is 12.1. The number of carbonyl (C=O) groups excluding carboxylic acids is 1. The summed E-state index contributed by atoms with van der Waals surface area (Å²) in [5, 5.41) is 18.6. The highest BCUT2D eigenvalue weighted by Crippen LogP contribution is 2.22. The highest BCUT2D eigenvalue weighted by molar-refractivity contribution is 6.00. The van der Waals surface area contributed by atoms with Crippen LogP contribution in [0.3, 0.4) is 0 Å². The summed E-state index contributed by atoms with van der Waals surface area (Å²) >= 11 is 0. The molecule has 0 unspecified atom stereocenters. The average Bonchev–Trinajstić information content (AvgIpc) is 2.39. The lowest BCUT2D eigenvalue weighted by atomic mass is 9.93. The van der Waals surface area contributed by atoms with Crippen molar-refractivity contribution >= 4 is 11.9 Å². The molecule has 0 aromatic heterocycles. The zero-order valence-electron chi connectivity index (χ0n) is 12.4. The Morgan fingerprint density at radius 1 is 1.19 bits per heavy atom. The number of phenols is 1. The number of benzene rings is 1. The molecule has 1 aromatic rings. The van der Waals surface area contributed by atoms with Crippen LogP contribution < -0.4 is 0 Å². The number of aromatic hydroxyl groups is 1. The van der Waals surface area contributed by atoms with Gasteiger partial charge in [0.1, 0.15) is 5.75 Å². The van der Waals surface area contributed by atoms with E-state index in [1.54, 1.807) is 32.9 Å². The van der Waals surface area contributed by atoms with Gasteiger partial charge in [-0.3, -0.25) is 0 Å². The largest absolute Gasteiger partial charge is 0.508 e. The topological polar surface area (TPSA) is 83.8 Å². The Kier molecular flexibility index (Phi) is 5.96. The molecule has 5 heteroatoms. The minimum atomic E-state index is -1.12. The number of rotatable bonds is 6. The fourth-order valence-corrected chi connectivity index (χ4v) is 2.04. The summed E-state index contributed by atoms with van der Waals surface area (Å²) in [4.78, 5) is 23.5. The second kappa shape index (κ2) is 7.47. The molecular weight excluding hydrogens is 272 g/mol. The quantitative estimate of drug-likeness (QED) is 0.622. The van der Waals surface area contributed by atoms with E-state index in [1.807, 2.05) is 0 Å². The van der Waals surface area contributed by atoms with Gasteiger partial charge < -0.3 is 14.9 Å². The Morgan fingerprint density at radius 3 is 2.19 bits per heavy atom. The lowest BCUT2D eigenvalue weighted by Gasteiger charge is -2.14. The Labute approximate surface area is 123 Å².